The van der Waals surface area contributed by atoms with Gasteiger partial charge in [-0.1, -0.05) is 125 Å². The summed E-state index contributed by atoms with van der Waals surface area (Å²) in [4.78, 5) is 0. The molecule has 0 spiro atoms. The molecule has 4 heteroatoms. The monoisotopic (exact) mass is 458 g/mol. The minimum absolute atomic E-state index is 0.441. The van der Waals surface area contributed by atoms with Crippen molar-refractivity contribution in [3.63, 3.8) is 0 Å². The van der Waals surface area contributed by atoms with Gasteiger partial charge in [0.1, 0.15) is 0 Å². The molecular weight excluding hydrogens is 403 g/mol. The van der Waals surface area contributed by atoms with Crippen LogP contribution in [-0.4, -0.2) is 21.6 Å². The summed E-state index contributed by atoms with van der Waals surface area (Å²) >= 11 is 0. The summed E-state index contributed by atoms with van der Waals surface area (Å²) in [5, 5.41) is 2.73. The van der Waals surface area contributed by atoms with E-state index in [0.717, 1.165) is 0 Å². The van der Waals surface area contributed by atoms with Gasteiger partial charge < -0.3 is 0 Å². The molecule has 168 valence electrons. The highest BCUT2D eigenvalue weighted by molar-refractivity contribution is 8.39. The molecule has 0 N–H and O–H groups in total. The lowest BCUT2D eigenvalue weighted by Crippen LogP contribution is -2.97. The van der Waals surface area contributed by atoms with Crippen LogP contribution in [-0.2, 0) is 0 Å². The Morgan fingerprint density at radius 1 is 0.321 bits per heavy atom. The molecule has 0 aromatic rings. The van der Waals surface area contributed by atoms with Crippen LogP contribution in [0.4, 0.5) is 0 Å². The van der Waals surface area contributed by atoms with Crippen LogP contribution in [0, 0.1) is 0 Å². The van der Waals surface area contributed by atoms with Crippen LogP contribution in [0.1, 0.15) is 125 Å². The van der Waals surface area contributed by atoms with Crippen LogP contribution in [0.3, 0.4) is 0 Å². The average Bonchev–Trinajstić information content (AvgIpc) is 2.13. The highest BCUT2D eigenvalue weighted by atomic mass is 31.7. The summed E-state index contributed by atoms with van der Waals surface area (Å²) in [6, 6.07) is 0. The van der Waals surface area contributed by atoms with Crippen molar-refractivity contribution in [2.24, 2.45) is 0 Å². The van der Waals surface area contributed by atoms with Crippen LogP contribution in [0.25, 0.3) is 0 Å². The van der Waals surface area contributed by atoms with Crippen molar-refractivity contribution in [1.29, 1.82) is 0 Å². The fraction of sp³-hybridized carbons (Fsp3) is 1.00. The minimum Gasteiger partial charge on any atom is -0.147 e. The highest BCUT2D eigenvalue weighted by Gasteiger charge is 2.91. The predicted molar refractivity (Wildman–Crippen MR) is 144 cm³/mol. The van der Waals surface area contributed by atoms with Crippen LogP contribution in [0.5, 0.6) is 0 Å². The molecule has 1 fully saturated rings. The molecule has 0 saturated carbocycles. The van der Waals surface area contributed by atoms with Crippen molar-refractivity contribution in [2.75, 3.05) is 0 Å². The van der Waals surface area contributed by atoms with Crippen LogP contribution in [0.15, 0.2) is 0 Å². The lowest BCUT2D eigenvalue weighted by atomic mass is 10.2. The fourth-order valence-electron chi connectivity index (χ4n) is 9.31. The molecule has 0 unspecified atom stereocenters. The molecule has 0 bridgehead atoms. The number of rotatable bonds is 0. The molecule has 1 heterocycles. The van der Waals surface area contributed by atoms with Gasteiger partial charge in [0.2, 0.25) is 0 Å². The summed E-state index contributed by atoms with van der Waals surface area (Å²) in [5.74, 6) is 0. The maximum atomic E-state index is 2.69. The zero-order chi connectivity index (χ0) is 23.2. The predicted octanol–water partition coefficient (Wildman–Crippen LogP) is 9.98. The van der Waals surface area contributed by atoms with E-state index in [9.17, 15) is 0 Å². The first kappa shape index (κ1) is 27.1. The second kappa shape index (κ2) is 6.55. The Balaban J connectivity index is 4.44. The normalized spacial score (nSPS) is 23.4. The summed E-state index contributed by atoms with van der Waals surface area (Å²) in [5.41, 5.74) is 0. The van der Waals surface area contributed by atoms with Gasteiger partial charge in [0.15, 0.2) is 0 Å². The lowest BCUT2D eigenvalue weighted by molar-refractivity contribution is 0.580. The van der Waals surface area contributed by atoms with E-state index in [-0.39, 0.29) is 0 Å². The first-order valence-electron chi connectivity index (χ1n) is 11.5. The molecule has 1 saturated heterocycles. The summed E-state index contributed by atoms with van der Waals surface area (Å²) in [6.07, 6.45) is 0. The molecule has 0 amide bonds. The molecule has 28 heavy (non-hydrogen) atoms. The van der Waals surface area contributed by atoms with Gasteiger partial charge in [-0.3, -0.25) is 0 Å². The van der Waals surface area contributed by atoms with Crippen molar-refractivity contribution in [3.8, 4) is 0 Å². The molecule has 0 nitrogen and oxygen atoms in total. The zero-order valence-electron chi connectivity index (χ0n) is 23.0. The van der Waals surface area contributed by atoms with E-state index in [4.69, 9.17) is 0 Å². The Kier molecular flexibility index (Phi) is 6.34. The van der Waals surface area contributed by atoms with Gasteiger partial charge in [-0.05, 0) is 30.2 Å². The van der Waals surface area contributed by atoms with E-state index >= 15 is 0 Å². The molecule has 1 aliphatic heterocycles. The third kappa shape index (κ3) is 2.95. The van der Waals surface area contributed by atoms with Gasteiger partial charge in [0.05, 0.1) is 21.6 Å². The van der Waals surface area contributed by atoms with Gasteiger partial charge in [-0.25, -0.2) is 0 Å². The second-order valence-electron chi connectivity index (χ2n) is 15.9. The van der Waals surface area contributed by atoms with E-state index in [0.29, 0.717) is 30.2 Å². The fourth-order valence-corrected chi connectivity index (χ4v) is 140. The maximum absolute atomic E-state index is 2.69. The van der Waals surface area contributed by atoms with Gasteiger partial charge in [-0.15, -0.1) is 7.68 Å². The first-order valence-corrected chi connectivity index (χ1v) is 22.5. The van der Waals surface area contributed by atoms with Gasteiger partial charge in [0, 0.05) is 0 Å². The van der Waals surface area contributed by atoms with Gasteiger partial charge in [0.25, 0.3) is 0 Å². The quantitative estimate of drug-likeness (QED) is 0.250. The van der Waals surface area contributed by atoms with E-state index < -0.39 is 21.6 Å². The van der Waals surface area contributed by atoms with Crippen molar-refractivity contribution in [1.82, 2.24) is 0 Å². The minimum atomic E-state index is -1.76. The Labute approximate surface area is 183 Å². The van der Waals surface area contributed by atoms with E-state index in [2.05, 4.69) is 125 Å². The molecule has 0 atom stereocenters. The van der Waals surface area contributed by atoms with Crippen molar-refractivity contribution >= 4 is 29.3 Å². The number of hydrogen-bond donors (Lipinski definition) is 0. The summed E-state index contributed by atoms with van der Waals surface area (Å²) in [6.45, 7) is 48.0. The Hall–Kier alpha value is 1.08. The maximum Gasteiger partial charge on any atom is 0.0767 e. The highest BCUT2D eigenvalue weighted by Crippen LogP contribution is 2.90. The van der Waals surface area contributed by atoms with Crippen LogP contribution >= 0.6 is 7.68 Å². The molecule has 1 aliphatic rings. The van der Waals surface area contributed by atoms with Crippen molar-refractivity contribution in [2.45, 2.75) is 155 Å². The topological polar surface area (TPSA) is 0 Å². The molecule has 1 rings (SSSR count). The Morgan fingerprint density at radius 3 is 0.607 bits per heavy atom. The molecular formula is C24H55PSi3. The standard InChI is InChI=1S/C24H55PSi3/c1-19(2,3)26(20(4,5)6)25-27(21(7,8)9,22(10,11)12)28(26,23(13,14)15)24(16,17)18/h25H,1-18H3. The molecule has 0 radical (unpaired) electrons. The van der Waals surface area contributed by atoms with Gasteiger partial charge >= 0.3 is 0 Å². The molecule has 0 aromatic heterocycles. The smallest absolute Gasteiger partial charge is 0.0767 e. The number of hydrogen-bond acceptors (Lipinski definition) is 0. The summed E-state index contributed by atoms with van der Waals surface area (Å²) in [7, 11) is -3.72. The van der Waals surface area contributed by atoms with Gasteiger partial charge in [-0.2, -0.15) is 0 Å². The average molecular weight is 459 g/mol. The first-order chi connectivity index (χ1) is 11.7. The Bertz CT molecular complexity index is 511. The summed E-state index contributed by atoms with van der Waals surface area (Å²) < 4.78 is 0. The third-order valence-corrected chi connectivity index (χ3v) is 92.2. The van der Waals surface area contributed by atoms with E-state index in [1.54, 1.807) is 0 Å². The van der Waals surface area contributed by atoms with Crippen LogP contribution in [0.2, 0.25) is 30.2 Å². The van der Waals surface area contributed by atoms with Crippen LogP contribution < -0.4 is 0 Å². The van der Waals surface area contributed by atoms with E-state index in [1.165, 1.54) is 7.68 Å². The second-order valence-corrected chi connectivity index (χ2v) is 50.6. The Morgan fingerprint density at radius 2 is 0.500 bits per heavy atom. The SMILES string of the molecule is CC(C)(C)[Si]1(C(C)(C)C)P[Si](C(C)(C)C)(C(C)(C)C)[Si]1(C(C)(C)C)C(C)(C)C. The van der Waals surface area contributed by atoms with Crippen molar-refractivity contribution < 1.29 is 0 Å². The molecule has 0 aliphatic carbocycles. The molecule has 0 aromatic carbocycles. The lowest BCUT2D eigenvalue weighted by Gasteiger charge is -2.88. The van der Waals surface area contributed by atoms with Crippen molar-refractivity contribution in [3.05, 3.63) is 0 Å². The largest absolute Gasteiger partial charge is 0.147 e. The third-order valence-electron chi connectivity index (χ3n) is 8.25. The van der Waals surface area contributed by atoms with E-state index in [1.807, 2.05) is 0 Å². The zero-order valence-corrected chi connectivity index (χ0v) is 27.0.